The summed E-state index contributed by atoms with van der Waals surface area (Å²) in [6, 6.07) is 17.9. The van der Waals surface area contributed by atoms with E-state index in [-0.39, 0.29) is 17.4 Å². The van der Waals surface area contributed by atoms with E-state index in [4.69, 9.17) is 4.74 Å². The quantitative estimate of drug-likeness (QED) is 0.903. The SMILES string of the molecule is CC1(C)CC1(CO)c1ccc(Oc2ccccc2)cc1. The number of para-hydroxylation sites is 1. The van der Waals surface area contributed by atoms with Gasteiger partial charge in [-0.2, -0.15) is 0 Å². The van der Waals surface area contributed by atoms with Crippen LogP contribution in [0.15, 0.2) is 54.6 Å². The smallest absolute Gasteiger partial charge is 0.127 e. The van der Waals surface area contributed by atoms with E-state index >= 15 is 0 Å². The van der Waals surface area contributed by atoms with E-state index in [1.807, 2.05) is 42.5 Å². The number of hydrogen-bond donors (Lipinski definition) is 1. The van der Waals surface area contributed by atoms with Gasteiger partial charge in [0.2, 0.25) is 0 Å². The lowest BCUT2D eigenvalue weighted by Crippen LogP contribution is -2.19. The van der Waals surface area contributed by atoms with Gasteiger partial charge in [0.1, 0.15) is 11.5 Å². The molecule has 0 aromatic heterocycles. The van der Waals surface area contributed by atoms with E-state index in [2.05, 4.69) is 26.0 Å². The van der Waals surface area contributed by atoms with Crippen LogP contribution in [0.4, 0.5) is 0 Å². The molecule has 20 heavy (non-hydrogen) atoms. The van der Waals surface area contributed by atoms with Gasteiger partial charge < -0.3 is 9.84 Å². The molecule has 1 N–H and O–H groups in total. The predicted octanol–water partition coefficient (Wildman–Crippen LogP) is 4.14. The minimum atomic E-state index is -0.0712. The molecule has 2 aromatic rings. The lowest BCUT2D eigenvalue weighted by atomic mass is 9.89. The van der Waals surface area contributed by atoms with E-state index in [1.54, 1.807) is 0 Å². The Bertz CT molecular complexity index is 587. The van der Waals surface area contributed by atoms with Gasteiger partial charge >= 0.3 is 0 Å². The van der Waals surface area contributed by atoms with Crippen molar-refractivity contribution in [1.82, 2.24) is 0 Å². The van der Waals surface area contributed by atoms with Crippen LogP contribution >= 0.6 is 0 Å². The Balaban J connectivity index is 1.79. The summed E-state index contributed by atoms with van der Waals surface area (Å²) in [6.45, 7) is 4.62. The molecule has 2 nitrogen and oxygen atoms in total. The third kappa shape index (κ3) is 2.10. The highest BCUT2D eigenvalue weighted by Gasteiger charge is 2.61. The van der Waals surface area contributed by atoms with Crippen LogP contribution in [0.25, 0.3) is 0 Å². The second-order valence-electron chi connectivity index (χ2n) is 6.24. The molecule has 1 aliphatic carbocycles. The third-order valence-electron chi connectivity index (χ3n) is 4.57. The van der Waals surface area contributed by atoms with Crippen LogP contribution in [0.5, 0.6) is 11.5 Å². The van der Waals surface area contributed by atoms with Crippen molar-refractivity contribution in [1.29, 1.82) is 0 Å². The summed E-state index contributed by atoms with van der Waals surface area (Å²) in [6.07, 6.45) is 1.04. The summed E-state index contributed by atoms with van der Waals surface area (Å²) in [7, 11) is 0. The summed E-state index contributed by atoms with van der Waals surface area (Å²) in [4.78, 5) is 0. The Labute approximate surface area is 120 Å². The number of aliphatic hydroxyl groups excluding tert-OH is 1. The first-order chi connectivity index (χ1) is 9.57. The topological polar surface area (TPSA) is 29.5 Å². The first-order valence-electron chi connectivity index (χ1n) is 7.02. The molecule has 104 valence electrons. The second kappa shape index (κ2) is 4.64. The van der Waals surface area contributed by atoms with Crippen molar-refractivity contribution in [3.05, 3.63) is 60.2 Å². The molecule has 0 aliphatic heterocycles. The summed E-state index contributed by atoms with van der Waals surface area (Å²) in [5.74, 6) is 1.66. The third-order valence-corrected chi connectivity index (χ3v) is 4.57. The zero-order valence-electron chi connectivity index (χ0n) is 12.0. The number of hydrogen-bond acceptors (Lipinski definition) is 2. The number of benzene rings is 2. The van der Waals surface area contributed by atoms with Crippen molar-refractivity contribution in [3.8, 4) is 11.5 Å². The lowest BCUT2D eigenvalue weighted by molar-refractivity contribution is 0.231. The highest BCUT2D eigenvalue weighted by atomic mass is 16.5. The number of rotatable bonds is 4. The summed E-state index contributed by atoms with van der Waals surface area (Å²) in [5.41, 5.74) is 1.31. The maximum atomic E-state index is 9.72. The Morgan fingerprint density at radius 2 is 1.50 bits per heavy atom. The Kier molecular flexibility index (Phi) is 3.06. The average molecular weight is 268 g/mol. The Morgan fingerprint density at radius 1 is 0.950 bits per heavy atom. The largest absolute Gasteiger partial charge is 0.457 e. The molecule has 0 radical (unpaired) electrons. The number of aliphatic hydroxyl groups is 1. The van der Waals surface area contributed by atoms with Gasteiger partial charge in [0.15, 0.2) is 0 Å². The molecule has 0 amide bonds. The minimum Gasteiger partial charge on any atom is -0.457 e. The zero-order chi connectivity index (χ0) is 14.2. The van der Waals surface area contributed by atoms with Crippen molar-refractivity contribution in [2.75, 3.05) is 6.61 Å². The maximum absolute atomic E-state index is 9.72. The molecule has 0 bridgehead atoms. The van der Waals surface area contributed by atoms with Gasteiger partial charge in [-0.1, -0.05) is 44.2 Å². The average Bonchev–Trinajstić information content (AvgIpc) is 3.04. The van der Waals surface area contributed by atoms with E-state index in [9.17, 15) is 5.11 Å². The molecular weight excluding hydrogens is 248 g/mol. The summed E-state index contributed by atoms with van der Waals surface area (Å²) in [5, 5.41) is 9.72. The zero-order valence-corrected chi connectivity index (χ0v) is 12.0. The van der Waals surface area contributed by atoms with Crippen LogP contribution in [0.3, 0.4) is 0 Å². The van der Waals surface area contributed by atoms with Crippen molar-refractivity contribution in [2.45, 2.75) is 25.7 Å². The highest BCUT2D eigenvalue weighted by molar-refractivity contribution is 5.41. The molecule has 1 saturated carbocycles. The fourth-order valence-electron chi connectivity index (χ4n) is 3.03. The monoisotopic (exact) mass is 268 g/mol. The fourth-order valence-corrected chi connectivity index (χ4v) is 3.03. The van der Waals surface area contributed by atoms with Gasteiger partial charge in [0.25, 0.3) is 0 Å². The maximum Gasteiger partial charge on any atom is 0.127 e. The van der Waals surface area contributed by atoms with Gasteiger partial charge in [-0.3, -0.25) is 0 Å². The lowest BCUT2D eigenvalue weighted by Gasteiger charge is -2.18. The first-order valence-corrected chi connectivity index (χ1v) is 7.02. The van der Waals surface area contributed by atoms with Crippen LogP contribution in [-0.2, 0) is 5.41 Å². The van der Waals surface area contributed by atoms with Crippen molar-refractivity contribution < 1.29 is 9.84 Å². The second-order valence-corrected chi connectivity index (χ2v) is 6.24. The number of ether oxygens (including phenoxy) is 1. The molecule has 3 rings (SSSR count). The molecule has 2 heteroatoms. The highest BCUT2D eigenvalue weighted by Crippen LogP contribution is 2.63. The van der Waals surface area contributed by atoms with Crippen LogP contribution in [0, 0.1) is 5.41 Å². The molecule has 1 fully saturated rings. The van der Waals surface area contributed by atoms with Crippen molar-refractivity contribution in [3.63, 3.8) is 0 Å². The van der Waals surface area contributed by atoms with Crippen molar-refractivity contribution >= 4 is 0 Å². The molecule has 0 heterocycles. The van der Waals surface area contributed by atoms with E-state index in [0.717, 1.165) is 17.9 Å². The van der Waals surface area contributed by atoms with Gasteiger partial charge in [-0.05, 0) is 41.7 Å². The predicted molar refractivity (Wildman–Crippen MR) is 80.1 cm³/mol. The van der Waals surface area contributed by atoms with Gasteiger partial charge in [-0.25, -0.2) is 0 Å². The Morgan fingerprint density at radius 3 is 2.00 bits per heavy atom. The van der Waals surface area contributed by atoms with Crippen LogP contribution in [0.2, 0.25) is 0 Å². The van der Waals surface area contributed by atoms with Crippen molar-refractivity contribution in [2.24, 2.45) is 5.41 Å². The van der Waals surface area contributed by atoms with Gasteiger partial charge in [0.05, 0.1) is 6.61 Å². The van der Waals surface area contributed by atoms with Crippen LogP contribution < -0.4 is 4.74 Å². The molecule has 2 aromatic carbocycles. The fraction of sp³-hybridized carbons (Fsp3) is 0.333. The molecule has 0 spiro atoms. The normalized spacial score (nSPS) is 23.4. The van der Waals surface area contributed by atoms with Gasteiger partial charge in [0, 0.05) is 5.41 Å². The summed E-state index contributed by atoms with van der Waals surface area (Å²) >= 11 is 0. The van der Waals surface area contributed by atoms with E-state index < -0.39 is 0 Å². The molecule has 1 aliphatic rings. The van der Waals surface area contributed by atoms with Crippen LogP contribution in [0.1, 0.15) is 25.8 Å². The van der Waals surface area contributed by atoms with E-state index in [1.165, 1.54) is 5.56 Å². The van der Waals surface area contributed by atoms with Gasteiger partial charge in [-0.15, -0.1) is 0 Å². The molecular formula is C18H20O2. The molecule has 0 saturated heterocycles. The Hall–Kier alpha value is -1.80. The summed E-state index contributed by atoms with van der Waals surface area (Å²) < 4.78 is 5.79. The standard InChI is InChI=1S/C18H20O2/c1-17(2)12-18(17,13-19)14-8-10-16(11-9-14)20-15-6-4-3-5-7-15/h3-11,19H,12-13H2,1-2H3. The molecule has 1 unspecified atom stereocenters. The first kappa shape index (κ1) is 13.2. The minimum absolute atomic E-state index is 0.0712. The molecule has 1 atom stereocenters. The van der Waals surface area contributed by atoms with E-state index in [0.29, 0.717) is 0 Å². The van der Waals surface area contributed by atoms with Crippen LogP contribution in [-0.4, -0.2) is 11.7 Å².